The topological polar surface area (TPSA) is 62.2 Å². The zero-order valence-corrected chi connectivity index (χ0v) is 11.3. The summed E-state index contributed by atoms with van der Waals surface area (Å²) in [6.07, 6.45) is 0. The minimum Gasteiger partial charge on any atom is -0.479 e. The third-order valence-electron chi connectivity index (χ3n) is 3.02. The van der Waals surface area contributed by atoms with Gasteiger partial charge in [0.1, 0.15) is 0 Å². The van der Waals surface area contributed by atoms with Gasteiger partial charge in [-0.1, -0.05) is 30.3 Å². The fourth-order valence-electron chi connectivity index (χ4n) is 2.04. The highest BCUT2D eigenvalue weighted by atomic mass is 32.1. The Morgan fingerprint density at radius 2 is 2.00 bits per heavy atom. The van der Waals surface area contributed by atoms with Gasteiger partial charge in [-0.3, -0.25) is 0 Å². The van der Waals surface area contributed by atoms with Crippen LogP contribution < -0.4 is 5.32 Å². The summed E-state index contributed by atoms with van der Waals surface area (Å²) < 4.78 is 1.03. The number of fused-ring (bicyclic) bond motifs is 1. The zero-order valence-electron chi connectivity index (χ0n) is 10.5. The van der Waals surface area contributed by atoms with Crippen molar-refractivity contribution in [3.63, 3.8) is 0 Å². The Bertz CT molecular complexity index is 740. The molecule has 0 bridgehead atoms. The predicted molar refractivity (Wildman–Crippen MR) is 80.1 cm³/mol. The minimum absolute atomic E-state index is 0.726. The quantitative estimate of drug-likeness (QED) is 0.769. The summed E-state index contributed by atoms with van der Waals surface area (Å²) in [5.74, 6) is -0.902. The van der Waals surface area contributed by atoms with Crippen molar-refractivity contribution in [1.82, 2.24) is 4.98 Å². The number of hydrogen-bond donors (Lipinski definition) is 2. The van der Waals surface area contributed by atoms with Gasteiger partial charge in [-0.2, -0.15) is 0 Å². The maximum Gasteiger partial charge on any atom is 0.330 e. The highest BCUT2D eigenvalue weighted by Gasteiger charge is 2.19. The fourth-order valence-corrected chi connectivity index (χ4v) is 2.76. The standard InChI is InChI=1S/C15H12N2O2S/c18-15(19)14(10-4-2-1-3-5-10)17-11-6-7-12-13(8-11)20-9-16-12/h1-9,14,17H,(H,18,19). The van der Waals surface area contributed by atoms with Crippen LogP contribution in [-0.4, -0.2) is 16.1 Å². The SMILES string of the molecule is O=C(O)C(Nc1ccc2ncsc2c1)c1ccccc1. The summed E-state index contributed by atoms with van der Waals surface area (Å²) in [6.45, 7) is 0. The first kappa shape index (κ1) is 12.6. The van der Waals surface area contributed by atoms with Gasteiger partial charge in [0.05, 0.1) is 15.7 Å². The number of carbonyl (C=O) groups is 1. The minimum atomic E-state index is -0.902. The van der Waals surface area contributed by atoms with Gasteiger partial charge in [0, 0.05) is 5.69 Å². The second-order valence-electron chi connectivity index (χ2n) is 4.36. The van der Waals surface area contributed by atoms with E-state index in [1.807, 2.05) is 36.4 Å². The number of benzene rings is 2. The Balaban J connectivity index is 1.91. The summed E-state index contributed by atoms with van der Waals surface area (Å²) in [7, 11) is 0. The van der Waals surface area contributed by atoms with E-state index in [0.717, 1.165) is 21.5 Å². The van der Waals surface area contributed by atoms with Crippen molar-refractivity contribution >= 4 is 33.2 Å². The molecule has 2 aromatic carbocycles. The van der Waals surface area contributed by atoms with Gasteiger partial charge in [-0.15, -0.1) is 11.3 Å². The molecular formula is C15H12N2O2S. The molecule has 4 nitrogen and oxygen atoms in total. The molecule has 0 saturated carbocycles. The van der Waals surface area contributed by atoms with Crippen LogP contribution in [0.5, 0.6) is 0 Å². The van der Waals surface area contributed by atoms with Crippen LogP contribution in [0.25, 0.3) is 10.2 Å². The fraction of sp³-hybridized carbons (Fsp3) is 0.0667. The van der Waals surface area contributed by atoms with Crippen LogP contribution in [0.3, 0.4) is 0 Å². The highest BCUT2D eigenvalue weighted by molar-refractivity contribution is 7.16. The average molecular weight is 284 g/mol. The van der Waals surface area contributed by atoms with Gasteiger partial charge < -0.3 is 10.4 Å². The van der Waals surface area contributed by atoms with E-state index >= 15 is 0 Å². The smallest absolute Gasteiger partial charge is 0.330 e. The van der Waals surface area contributed by atoms with E-state index in [1.54, 1.807) is 17.6 Å². The number of nitrogens with one attached hydrogen (secondary N) is 1. The molecule has 20 heavy (non-hydrogen) atoms. The Hall–Kier alpha value is -2.40. The summed E-state index contributed by atoms with van der Waals surface area (Å²) >= 11 is 1.53. The van der Waals surface area contributed by atoms with Crippen LogP contribution in [0.15, 0.2) is 54.0 Å². The van der Waals surface area contributed by atoms with Crippen LogP contribution in [0, 0.1) is 0 Å². The van der Waals surface area contributed by atoms with E-state index in [9.17, 15) is 9.90 Å². The highest BCUT2D eigenvalue weighted by Crippen LogP contribution is 2.25. The van der Waals surface area contributed by atoms with Crippen LogP contribution in [0.2, 0.25) is 0 Å². The first-order chi connectivity index (χ1) is 9.74. The molecule has 2 N–H and O–H groups in total. The second kappa shape index (κ2) is 5.30. The molecule has 3 aromatic rings. The molecule has 0 saturated heterocycles. The maximum absolute atomic E-state index is 11.4. The molecule has 0 fully saturated rings. The number of aliphatic carboxylic acids is 1. The third kappa shape index (κ3) is 2.48. The molecule has 0 aliphatic heterocycles. The van der Waals surface area contributed by atoms with E-state index in [-0.39, 0.29) is 0 Å². The second-order valence-corrected chi connectivity index (χ2v) is 5.25. The number of rotatable bonds is 4. The van der Waals surface area contributed by atoms with Crippen molar-refractivity contribution in [3.8, 4) is 0 Å². The van der Waals surface area contributed by atoms with Gasteiger partial charge in [-0.05, 0) is 23.8 Å². The van der Waals surface area contributed by atoms with Gasteiger partial charge in [0.25, 0.3) is 0 Å². The molecule has 100 valence electrons. The number of nitrogens with zero attached hydrogens (tertiary/aromatic N) is 1. The van der Waals surface area contributed by atoms with Crippen LogP contribution in [-0.2, 0) is 4.79 Å². The van der Waals surface area contributed by atoms with E-state index in [2.05, 4.69) is 10.3 Å². The number of carboxylic acid groups (broad SMARTS) is 1. The molecular weight excluding hydrogens is 272 g/mol. The predicted octanol–water partition coefficient (Wildman–Crippen LogP) is 3.53. The van der Waals surface area contributed by atoms with Gasteiger partial charge in [-0.25, -0.2) is 9.78 Å². The normalized spacial score (nSPS) is 12.2. The molecule has 0 amide bonds. The monoisotopic (exact) mass is 284 g/mol. The molecule has 1 unspecified atom stereocenters. The Morgan fingerprint density at radius 1 is 1.20 bits per heavy atom. The molecule has 0 spiro atoms. The molecule has 0 aliphatic rings. The molecule has 1 atom stereocenters. The van der Waals surface area contributed by atoms with E-state index in [1.165, 1.54) is 11.3 Å². The summed E-state index contributed by atoms with van der Waals surface area (Å²) in [5.41, 5.74) is 4.20. The number of thiazole rings is 1. The summed E-state index contributed by atoms with van der Waals surface area (Å²) in [4.78, 5) is 15.7. The molecule has 3 rings (SSSR count). The molecule has 5 heteroatoms. The van der Waals surface area contributed by atoms with Crippen LogP contribution in [0.1, 0.15) is 11.6 Å². The van der Waals surface area contributed by atoms with Gasteiger partial charge in [0.15, 0.2) is 6.04 Å². The van der Waals surface area contributed by atoms with Crippen molar-refractivity contribution in [2.24, 2.45) is 0 Å². The first-order valence-electron chi connectivity index (χ1n) is 6.11. The Labute approximate surface area is 119 Å². The Kier molecular flexibility index (Phi) is 3.35. The number of hydrogen-bond acceptors (Lipinski definition) is 4. The molecule has 1 aromatic heterocycles. The van der Waals surface area contributed by atoms with Crippen molar-refractivity contribution in [2.75, 3.05) is 5.32 Å². The Morgan fingerprint density at radius 3 is 2.75 bits per heavy atom. The van der Waals surface area contributed by atoms with E-state index in [4.69, 9.17) is 0 Å². The molecule has 0 aliphatic carbocycles. The van der Waals surface area contributed by atoms with Crippen molar-refractivity contribution in [2.45, 2.75) is 6.04 Å². The summed E-state index contributed by atoms with van der Waals surface area (Å²) in [5, 5.41) is 12.4. The van der Waals surface area contributed by atoms with Gasteiger partial charge >= 0.3 is 5.97 Å². The molecule has 0 radical (unpaired) electrons. The number of anilines is 1. The molecule has 1 heterocycles. The van der Waals surface area contributed by atoms with E-state index in [0.29, 0.717) is 0 Å². The third-order valence-corrected chi connectivity index (χ3v) is 3.81. The van der Waals surface area contributed by atoms with Gasteiger partial charge in [0.2, 0.25) is 0 Å². The lowest BCUT2D eigenvalue weighted by Gasteiger charge is -2.16. The maximum atomic E-state index is 11.4. The van der Waals surface area contributed by atoms with Crippen molar-refractivity contribution in [3.05, 3.63) is 59.6 Å². The number of carboxylic acids is 1. The van der Waals surface area contributed by atoms with Crippen molar-refractivity contribution < 1.29 is 9.90 Å². The lowest BCUT2D eigenvalue weighted by Crippen LogP contribution is -2.20. The van der Waals surface area contributed by atoms with Crippen LogP contribution >= 0.6 is 11.3 Å². The number of aromatic nitrogens is 1. The lowest BCUT2D eigenvalue weighted by molar-refractivity contribution is -0.138. The summed E-state index contributed by atoms with van der Waals surface area (Å²) in [6, 6.07) is 14.0. The first-order valence-corrected chi connectivity index (χ1v) is 6.99. The van der Waals surface area contributed by atoms with E-state index < -0.39 is 12.0 Å². The largest absolute Gasteiger partial charge is 0.479 e. The lowest BCUT2D eigenvalue weighted by atomic mass is 10.1. The van der Waals surface area contributed by atoms with Crippen molar-refractivity contribution in [1.29, 1.82) is 0 Å². The average Bonchev–Trinajstić information content (AvgIpc) is 2.93. The zero-order chi connectivity index (χ0) is 13.9. The van der Waals surface area contributed by atoms with Crippen LogP contribution in [0.4, 0.5) is 5.69 Å².